The Bertz CT molecular complexity index is 532. The van der Waals surface area contributed by atoms with E-state index in [-0.39, 0.29) is 0 Å². The summed E-state index contributed by atoms with van der Waals surface area (Å²) in [6, 6.07) is 7.97. The van der Waals surface area contributed by atoms with Gasteiger partial charge in [-0.25, -0.2) is 0 Å². The number of ether oxygens (including phenoxy) is 2. The molecule has 0 saturated carbocycles. The SMILES string of the molecule is COCCNCc1cccc(Br)c1OCCn1cccn1. The Morgan fingerprint density at radius 2 is 2.19 bits per heavy atom. The number of para-hydroxylation sites is 1. The number of hydrogen-bond donors (Lipinski definition) is 1. The molecule has 0 spiro atoms. The molecule has 2 aromatic rings. The maximum Gasteiger partial charge on any atom is 0.138 e. The number of hydrogen-bond acceptors (Lipinski definition) is 4. The third-order valence-electron chi connectivity index (χ3n) is 2.97. The van der Waals surface area contributed by atoms with E-state index in [0.29, 0.717) is 13.2 Å². The van der Waals surface area contributed by atoms with Crippen LogP contribution >= 0.6 is 15.9 Å². The number of aromatic nitrogens is 2. The first-order chi connectivity index (χ1) is 10.3. The summed E-state index contributed by atoms with van der Waals surface area (Å²) in [7, 11) is 1.70. The number of methoxy groups -OCH3 is 1. The fourth-order valence-corrected chi connectivity index (χ4v) is 2.45. The molecule has 0 radical (unpaired) electrons. The smallest absolute Gasteiger partial charge is 0.138 e. The van der Waals surface area contributed by atoms with Crippen LogP contribution in [0.1, 0.15) is 5.56 Å². The summed E-state index contributed by atoms with van der Waals surface area (Å²) in [5.74, 6) is 0.884. The van der Waals surface area contributed by atoms with E-state index < -0.39 is 0 Å². The van der Waals surface area contributed by atoms with Crippen molar-refractivity contribution in [3.63, 3.8) is 0 Å². The van der Waals surface area contributed by atoms with Crippen molar-refractivity contribution < 1.29 is 9.47 Å². The summed E-state index contributed by atoms with van der Waals surface area (Å²) in [5, 5.41) is 7.49. The normalized spacial score (nSPS) is 10.8. The zero-order chi connectivity index (χ0) is 14.9. The summed E-state index contributed by atoms with van der Waals surface area (Å²) in [5.41, 5.74) is 1.13. The zero-order valence-corrected chi connectivity index (χ0v) is 13.7. The number of rotatable bonds is 9. The second-order valence-corrected chi connectivity index (χ2v) is 5.37. The predicted molar refractivity (Wildman–Crippen MR) is 85.4 cm³/mol. The third-order valence-corrected chi connectivity index (χ3v) is 3.60. The molecule has 6 heteroatoms. The lowest BCUT2D eigenvalue weighted by Gasteiger charge is -2.14. The molecule has 0 fully saturated rings. The molecule has 0 atom stereocenters. The summed E-state index contributed by atoms with van der Waals surface area (Å²) >= 11 is 3.55. The standard InChI is InChI=1S/C15H20BrN3O2/c1-20-10-7-17-12-13-4-2-5-14(16)15(13)21-11-9-19-8-3-6-18-19/h2-6,8,17H,7,9-12H2,1H3. The molecule has 0 aliphatic rings. The van der Waals surface area contributed by atoms with Crippen molar-refractivity contribution in [3.8, 4) is 5.75 Å². The quantitative estimate of drug-likeness (QED) is 0.703. The maximum absolute atomic E-state index is 5.92. The van der Waals surface area contributed by atoms with Crippen molar-refractivity contribution in [1.29, 1.82) is 0 Å². The van der Waals surface area contributed by atoms with E-state index in [2.05, 4.69) is 32.4 Å². The topological polar surface area (TPSA) is 48.3 Å². The van der Waals surface area contributed by atoms with Crippen molar-refractivity contribution >= 4 is 15.9 Å². The first kappa shape index (κ1) is 16.0. The highest BCUT2D eigenvalue weighted by Gasteiger charge is 2.08. The van der Waals surface area contributed by atoms with Crippen LogP contribution in [0.25, 0.3) is 0 Å². The molecule has 0 bridgehead atoms. The van der Waals surface area contributed by atoms with Gasteiger partial charge in [-0.1, -0.05) is 12.1 Å². The van der Waals surface area contributed by atoms with Crippen LogP contribution in [0.15, 0.2) is 41.1 Å². The van der Waals surface area contributed by atoms with Crippen molar-refractivity contribution in [2.24, 2.45) is 0 Å². The molecule has 5 nitrogen and oxygen atoms in total. The average molecular weight is 354 g/mol. The molecule has 21 heavy (non-hydrogen) atoms. The Labute approximate surface area is 133 Å². The number of nitrogens with one attached hydrogen (secondary N) is 1. The van der Waals surface area contributed by atoms with E-state index in [1.54, 1.807) is 13.3 Å². The molecular formula is C15H20BrN3O2. The molecule has 0 unspecified atom stereocenters. The van der Waals surface area contributed by atoms with E-state index in [0.717, 1.165) is 35.4 Å². The second kappa shape index (κ2) is 8.81. The highest BCUT2D eigenvalue weighted by Crippen LogP contribution is 2.29. The van der Waals surface area contributed by atoms with Crippen molar-refractivity contribution in [3.05, 3.63) is 46.7 Å². The lowest BCUT2D eigenvalue weighted by Crippen LogP contribution is -2.19. The van der Waals surface area contributed by atoms with Gasteiger partial charge in [-0.2, -0.15) is 5.10 Å². The number of nitrogens with zero attached hydrogens (tertiary/aromatic N) is 2. The number of halogens is 1. The lowest BCUT2D eigenvalue weighted by molar-refractivity contribution is 0.199. The van der Waals surface area contributed by atoms with Gasteiger partial charge in [-0.15, -0.1) is 0 Å². The third kappa shape index (κ3) is 5.15. The minimum Gasteiger partial charge on any atom is -0.490 e. The van der Waals surface area contributed by atoms with Crippen LogP contribution in [0.4, 0.5) is 0 Å². The van der Waals surface area contributed by atoms with Gasteiger partial charge >= 0.3 is 0 Å². The minimum atomic E-state index is 0.579. The first-order valence-electron chi connectivity index (χ1n) is 6.88. The molecule has 1 aromatic heterocycles. The highest BCUT2D eigenvalue weighted by atomic mass is 79.9. The van der Waals surface area contributed by atoms with Gasteiger partial charge in [-0.3, -0.25) is 4.68 Å². The summed E-state index contributed by atoms with van der Waals surface area (Å²) in [4.78, 5) is 0. The van der Waals surface area contributed by atoms with Crippen LogP contribution in [0, 0.1) is 0 Å². The van der Waals surface area contributed by atoms with E-state index >= 15 is 0 Å². The Morgan fingerprint density at radius 1 is 1.29 bits per heavy atom. The van der Waals surface area contributed by atoms with E-state index in [4.69, 9.17) is 9.47 Å². The first-order valence-corrected chi connectivity index (χ1v) is 7.68. The van der Waals surface area contributed by atoms with Crippen LogP contribution < -0.4 is 10.1 Å². The van der Waals surface area contributed by atoms with Crippen molar-refractivity contribution in [2.75, 3.05) is 26.9 Å². The Morgan fingerprint density at radius 3 is 2.95 bits per heavy atom. The average Bonchev–Trinajstić information content (AvgIpc) is 2.99. The predicted octanol–water partition coefficient (Wildman–Crippen LogP) is 2.46. The maximum atomic E-state index is 5.92. The molecule has 0 aliphatic carbocycles. The van der Waals surface area contributed by atoms with E-state index in [1.807, 2.05) is 29.1 Å². The van der Waals surface area contributed by atoms with Gasteiger partial charge in [0.1, 0.15) is 12.4 Å². The van der Waals surface area contributed by atoms with Crippen LogP contribution in [-0.2, 0) is 17.8 Å². The van der Waals surface area contributed by atoms with Gasteiger partial charge in [0, 0.05) is 38.2 Å². The Kier molecular flexibility index (Phi) is 6.72. The van der Waals surface area contributed by atoms with Gasteiger partial charge in [0.05, 0.1) is 17.6 Å². The van der Waals surface area contributed by atoms with E-state index in [1.165, 1.54) is 0 Å². The molecule has 0 aliphatic heterocycles. The molecule has 2 rings (SSSR count). The van der Waals surface area contributed by atoms with Crippen molar-refractivity contribution in [2.45, 2.75) is 13.1 Å². The van der Waals surface area contributed by atoms with Crippen molar-refractivity contribution in [1.82, 2.24) is 15.1 Å². The van der Waals surface area contributed by atoms with Gasteiger partial charge in [0.25, 0.3) is 0 Å². The van der Waals surface area contributed by atoms with Crippen LogP contribution in [0.5, 0.6) is 5.75 Å². The second-order valence-electron chi connectivity index (χ2n) is 4.52. The Balaban J connectivity index is 1.90. The van der Waals surface area contributed by atoms with Crippen LogP contribution in [0.3, 0.4) is 0 Å². The molecule has 1 heterocycles. The molecule has 1 aromatic carbocycles. The van der Waals surface area contributed by atoms with Gasteiger partial charge in [0.2, 0.25) is 0 Å². The largest absolute Gasteiger partial charge is 0.490 e. The fourth-order valence-electron chi connectivity index (χ4n) is 1.93. The monoisotopic (exact) mass is 353 g/mol. The molecule has 0 saturated heterocycles. The lowest BCUT2D eigenvalue weighted by atomic mass is 10.2. The summed E-state index contributed by atoms with van der Waals surface area (Å²) < 4.78 is 13.8. The molecule has 1 N–H and O–H groups in total. The summed E-state index contributed by atoms with van der Waals surface area (Å²) in [6.45, 7) is 3.57. The minimum absolute atomic E-state index is 0.579. The molecular weight excluding hydrogens is 334 g/mol. The van der Waals surface area contributed by atoms with E-state index in [9.17, 15) is 0 Å². The van der Waals surface area contributed by atoms with Gasteiger partial charge < -0.3 is 14.8 Å². The molecule has 114 valence electrons. The highest BCUT2D eigenvalue weighted by molar-refractivity contribution is 9.10. The van der Waals surface area contributed by atoms with Crippen LogP contribution in [-0.4, -0.2) is 36.6 Å². The van der Waals surface area contributed by atoms with Gasteiger partial charge in [0.15, 0.2) is 0 Å². The van der Waals surface area contributed by atoms with Gasteiger partial charge in [-0.05, 0) is 28.1 Å². The Hall–Kier alpha value is -1.37. The fraction of sp³-hybridized carbons (Fsp3) is 0.400. The van der Waals surface area contributed by atoms with Crippen LogP contribution in [0.2, 0.25) is 0 Å². The summed E-state index contributed by atoms with van der Waals surface area (Å²) in [6.07, 6.45) is 3.69. The number of benzene rings is 1. The zero-order valence-electron chi connectivity index (χ0n) is 12.1. The molecule has 0 amide bonds.